The number of aryl methyl sites for hydroxylation is 3. The second-order valence-electron chi connectivity index (χ2n) is 6.55. The lowest BCUT2D eigenvalue weighted by Crippen LogP contribution is -2.68. The first-order chi connectivity index (χ1) is 8.92. The molecule has 1 aromatic heterocycles. The zero-order valence-corrected chi connectivity index (χ0v) is 12.8. The van der Waals surface area contributed by atoms with E-state index in [-0.39, 0.29) is 0 Å². The Hall–Kier alpha value is -1.09. The number of piperidine rings is 1. The van der Waals surface area contributed by atoms with Crippen LogP contribution in [0.25, 0.3) is 0 Å². The maximum Gasteiger partial charge on any atom is 0.0798 e. The summed E-state index contributed by atoms with van der Waals surface area (Å²) in [6.45, 7) is 13.7. The minimum atomic E-state index is 0.306. The van der Waals surface area contributed by atoms with Crippen molar-refractivity contribution >= 4 is 5.69 Å². The highest BCUT2D eigenvalue weighted by molar-refractivity contribution is 5.60. The lowest BCUT2D eigenvalue weighted by atomic mass is 9.82. The fourth-order valence-corrected chi connectivity index (χ4v) is 4.07. The van der Waals surface area contributed by atoms with E-state index in [9.17, 15) is 0 Å². The Morgan fingerprint density at radius 3 is 2.37 bits per heavy atom. The van der Waals surface area contributed by atoms with Crippen molar-refractivity contribution in [3.8, 4) is 0 Å². The van der Waals surface area contributed by atoms with Crippen LogP contribution in [0, 0.1) is 20.8 Å². The fourth-order valence-electron chi connectivity index (χ4n) is 4.07. The van der Waals surface area contributed by atoms with Gasteiger partial charge in [-0.3, -0.25) is 9.88 Å². The average Bonchev–Trinajstić information content (AvgIpc) is 2.32. The Labute approximate surface area is 116 Å². The van der Waals surface area contributed by atoms with Gasteiger partial charge in [-0.1, -0.05) is 0 Å². The summed E-state index contributed by atoms with van der Waals surface area (Å²) < 4.78 is 0. The highest BCUT2D eigenvalue weighted by atomic mass is 15.4. The van der Waals surface area contributed by atoms with Gasteiger partial charge in [0.2, 0.25) is 0 Å². The number of hydrogen-bond acceptors (Lipinski definition) is 3. The maximum absolute atomic E-state index is 4.70. The predicted octanol–water partition coefficient (Wildman–Crippen LogP) is 3.03. The molecule has 19 heavy (non-hydrogen) atoms. The summed E-state index contributed by atoms with van der Waals surface area (Å²) in [5.74, 6) is 0. The quantitative estimate of drug-likeness (QED) is 0.773. The highest BCUT2D eigenvalue weighted by Gasteiger charge is 2.46. The molecule has 0 spiro atoms. The molecule has 0 saturated carbocycles. The van der Waals surface area contributed by atoms with Gasteiger partial charge in [0.1, 0.15) is 0 Å². The van der Waals surface area contributed by atoms with E-state index in [4.69, 9.17) is 4.98 Å². The van der Waals surface area contributed by atoms with Gasteiger partial charge in [0.15, 0.2) is 0 Å². The Kier molecular flexibility index (Phi) is 2.86. The molecule has 3 saturated heterocycles. The monoisotopic (exact) mass is 259 g/mol. The minimum Gasteiger partial charge on any atom is -0.349 e. The Morgan fingerprint density at radius 1 is 1.21 bits per heavy atom. The van der Waals surface area contributed by atoms with Gasteiger partial charge in [-0.2, -0.15) is 0 Å². The summed E-state index contributed by atoms with van der Waals surface area (Å²) in [6.07, 6.45) is 3.03. The van der Waals surface area contributed by atoms with Gasteiger partial charge in [0.05, 0.1) is 17.5 Å². The first-order valence-electron chi connectivity index (χ1n) is 7.41. The number of hydrogen-bond donors (Lipinski definition) is 0. The molecule has 3 fully saturated rings. The van der Waals surface area contributed by atoms with Gasteiger partial charge < -0.3 is 4.90 Å². The van der Waals surface area contributed by atoms with Crippen molar-refractivity contribution in [2.75, 3.05) is 18.0 Å². The molecule has 4 heterocycles. The number of pyridine rings is 1. The van der Waals surface area contributed by atoms with Gasteiger partial charge in [0.25, 0.3) is 0 Å². The fraction of sp³-hybridized carbons (Fsp3) is 0.688. The molecule has 0 aromatic carbocycles. The van der Waals surface area contributed by atoms with Crippen molar-refractivity contribution in [1.82, 2.24) is 9.88 Å². The molecule has 4 rings (SSSR count). The zero-order valence-electron chi connectivity index (χ0n) is 12.8. The van der Waals surface area contributed by atoms with Crippen LogP contribution >= 0.6 is 0 Å². The van der Waals surface area contributed by atoms with Gasteiger partial charge >= 0.3 is 0 Å². The van der Waals surface area contributed by atoms with E-state index in [1.807, 2.05) is 0 Å². The number of fused-ring (bicyclic) bond motifs is 3. The van der Waals surface area contributed by atoms with Crippen LogP contribution in [0.5, 0.6) is 0 Å². The van der Waals surface area contributed by atoms with Crippen molar-refractivity contribution in [1.29, 1.82) is 0 Å². The van der Waals surface area contributed by atoms with Crippen LogP contribution in [0.2, 0.25) is 0 Å². The number of nitrogens with zero attached hydrogens (tertiary/aromatic N) is 3. The summed E-state index contributed by atoms with van der Waals surface area (Å²) in [6, 6.07) is 2.22. The predicted molar refractivity (Wildman–Crippen MR) is 79.6 cm³/mol. The third-order valence-electron chi connectivity index (χ3n) is 5.09. The highest BCUT2D eigenvalue weighted by Crippen LogP contribution is 2.43. The van der Waals surface area contributed by atoms with E-state index in [1.54, 1.807) is 0 Å². The van der Waals surface area contributed by atoms with Crippen molar-refractivity contribution in [3.63, 3.8) is 0 Å². The van der Waals surface area contributed by atoms with Crippen molar-refractivity contribution in [2.24, 2.45) is 0 Å². The van der Waals surface area contributed by atoms with Crippen LogP contribution in [0.1, 0.15) is 43.6 Å². The Balaban J connectivity index is 2.11. The summed E-state index contributed by atoms with van der Waals surface area (Å²) in [5, 5.41) is 0. The topological polar surface area (TPSA) is 19.4 Å². The number of aromatic nitrogens is 1. The molecule has 1 atom stereocenters. The lowest BCUT2D eigenvalue weighted by molar-refractivity contribution is 0.0483. The molecule has 3 nitrogen and oxygen atoms in total. The van der Waals surface area contributed by atoms with Crippen molar-refractivity contribution < 1.29 is 0 Å². The molecule has 0 N–H and O–H groups in total. The molecule has 0 radical (unpaired) electrons. The van der Waals surface area contributed by atoms with E-state index in [0.29, 0.717) is 11.7 Å². The summed E-state index contributed by atoms with van der Waals surface area (Å²) >= 11 is 0. The summed E-state index contributed by atoms with van der Waals surface area (Å²) in [5.41, 5.74) is 5.34. The zero-order chi connectivity index (χ0) is 13.8. The molecular formula is C16H25N3. The third kappa shape index (κ3) is 1.86. The van der Waals surface area contributed by atoms with Crippen LogP contribution in [-0.2, 0) is 0 Å². The standard InChI is InChI=1S/C16H25N3/c1-11-10-12(2)17-13(3)15(11)19-14(4)18-8-6-16(19,5)7-9-18/h10,14H,6-9H2,1-5H3/t14-/m0/s1. The molecule has 3 aliphatic rings. The lowest BCUT2D eigenvalue weighted by Gasteiger charge is -2.60. The average molecular weight is 259 g/mol. The molecule has 0 unspecified atom stereocenters. The largest absolute Gasteiger partial charge is 0.349 e. The first kappa shape index (κ1) is 12.9. The van der Waals surface area contributed by atoms with Crippen LogP contribution in [0.3, 0.4) is 0 Å². The normalized spacial score (nSPS) is 33.8. The number of anilines is 1. The van der Waals surface area contributed by atoms with E-state index in [0.717, 1.165) is 5.69 Å². The molecule has 1 aromatic rings. The summed E-state index contributed by atoms with van der Waals surface area (Å²) in [4.78, 5) is 9.94. The third-order valence-corrected chi connectivity index (χ3v) is 5.09. The van der Waals surface area contributed by atoms with Crippen LogP contribution < -0.4 is 4.90 Å². The smallest absolute Gasteiger partial charge is 0.0798 e. The van der Waals surface area contributed by atoms with Crippen molar-refractivity contribution in [2.45, 2.75) is 59.2 Å². The molecule has 0 aliphatic carbocycles. The van der Waals surface area contributed by atoms with Gasteiger partial charge in [-0.15, -0.1) is 0 Å². The van der Waals surface area contributed by atoms with E-state index in [2.05, 4.69) is 50.5 Å². The number of rotatable bonds is 1. The van der Waals surface area contributed by atoms with E-state index in [1.165, 1.54) is 42.9 Å². The molecule has 0 amide bonds. The van der Waals surface area contributed by atoms with Gasteiger partial charge in [-0.25, -0.2) is 0 Å². The molecular weight excluding hydrogens is 234 g/mol. The van der Waals surface area contributed by atoms with Crippen LogP contribution in [0.15, 0.2) is 6.07 Å². The molecule has 104 valence electrons. The Bertz CT molecular complexity index is 478. The van der Waals surface area contributed by atoms with Gasteiger partial charge in [0, 0.05) is 24.3 Å². The van der Waals surface area contributed by atoms with Gasteiger partial charge in [-0.05, 0) is 59.1 Å². The molecule has 3 heteroatoms. The SMILES string of the molecule is Cc1cc(C)c(N2[C@@H](C)N3CCC2(C)CC3)c(C)n1. The van der Waals surface area contributed by atoms with E-state index < -0.39 is 0 Å². The first-order valence-corrected chi connectivity index (χ1v) is 7.41. The second kappa shape index (κ2) is 4.20. The molecule has 3 aliphatic heterocycles. The van der Waals surface area contributed by atoms with Crippen LogP contribution in [0.4, 0.5) is 5.69 Å². The summed E-state index contributed by atoms with van der Waals surface area (Å²) in [7, 11) is 0. The van der Waals surface area contributed by atoms with Crippen molar-refractivity contribution in [3.05, 3.63) is 23.0 Å². The second-order valence-corrected chi connectivity index (χ2v) is 6.55. The van der Waals surface area contributed by atoms with Crippen LogP contribution in [-0.4, -0.2) is 34.7 Å². The Morgan fingerprint density at radius 2 is 1.84 bits per heavy atom. The van der Waals surface area contributed by atoms with E-state index >= 15 is 0 Å². The molecule has 2 bridgehead atoms. The minimum absolute atomic E-state index is 0.306. The maximum atomic E-state index is 4.70.